The maximum Gasteiger partial charge on any atom is 0.280 e. The lowest BCUT2D eigenvalue weighted by atomic mass is 10.1. The van der Waals surface area contributed by atoms with E-state index >= 15 is 0 Å². The highest BCUT2D eigenvalue weighted by molar-refractivity contribution is 7.12. The molecule has 1 amide bonds. The summed E-state index contributed by atoms with van der Waals surface area (Å²) in [5, 5.41) is 17.8. The molecule has 0 unspecified atom stereocenters. The summed E-state index contributed by atoms with van der Waals surface area (Å²) < 4.78 is 5.76. The van der Waals surface area contributed by atoms with Gasteiger partial charge in [-0.2, -0.15) is 5.10 Å². The van der Waals surface area contributed by atoms with Crippen molar-refractivity contribution in [2.75, 3.05) is 0 Å². The van der Waals surface area contributed by atoms with Crippen LogP contribution in [0.5, 0.6) is 5.75 Å². The highest BCUT2D eigenvalue weighted by Gasteiger charge is 2.15. The van der Waals surface area contributed by atoms with Crippen molar-refractivity contribution < 1.29 is 14.5 Å². The number of ether oxygens (including phenoxy) is 1. The zero-order valence-corrected chi connectivity index (χ0v) is 14.6. The first-order valence-corrected chi connectivity index (χ1v) is 8.63. The van der Waals surface area contributed by atoms with E-state index in [0.29, 0.717) is 10.6 Å². The van der Waals surface area contributed by atoms with Crippen LogP contribution in [0.1, 0.15) is 11.8 Å². The second-order valence-corrected chi connectivity index (χ2v) is 6.38. The molecule has 0 aliphatic heterocycles. The van der Waals surface area contributed by atoms with E-state index in [1.807, 2.05) is 36.4 Å². The van der Waals surface area contributed by atoms with E-state index in [2.05, 4.69) is 10.5 Å². The number of carbonyl (C=O) groups is 1. The number of nitrogens with one attached hydrogen (secondary N) is 1. The van der Waals surface area contributed by atoms with Crippen LogP contribution in [0.2, 0.25) is 0 Å². The number of nitrogens with zero attached hydrogens (tertiary/aromatic N) is 2. The van der Waals surface area contributed by atoms with Gasteiger partial charge >= 0.3 is 0 Å². The second-order valence-electron chi connectivity index (χ2n) is 5.44. The predicted octanol–water partition coefficient (Wildman–Crippen LogP) is 3.73. The maximum atomic E-state index is 12.1. The first-order valence-electron chi connectivity index (χ1n) is 7.75. The molecular formula is C18H15N3O4S. The van der Waals surface area contributed by atoms with Crippen LogP contribution in [-0.2, 0) is 4.79 Å². The first-order chi connectivity index (χ1) is 12.5. The standard InChI is InChI=1S/C18H15N3O4S/c1-12(25-17-8-4-6-13-5-2-3-7-16(13)17)18(22)20-19-10-15-9-14(11-26-15)21(23)24/h2-12H,1H3,(H,20,22)/t12-/m1/s1. The third kappa shape index (κ3) is 4.04. The molecule has 0 aliphatic rings. The summed E-state index contributed by atoms with van der Waals surface area (Å²) in [6.45, 7) is 1.63. The summed E-state index contributed by atoms with van der Waals surface area (Å²) in [6, 6.07) is 14.8. The number of hydrazone groups is 1. The smallest absolute Gasteiger partial charge is 0.280 e. The van der Waals surface area contributed by atoms with Crippen molar-refractivity contribution in [3.8, 4) is 5.75 Å². The summed E-state index contributed by atoms with van der Waals surface area (Å²) in [5.74, 6) is 0.198. The average Bonchev–Trinajstić information content (AvgIpc) is 3.11. The van der Waals surface area contributed by atoms with Gasteiger partial charge in [0.05, 0.1) is 21.4 Å². The van der Waals surface area contributed by atoms with Crippen molar-refractivity contribution in [1.29, 1.82) is 0 Å². The van der Waals surface area contributed by atoms with Crippen LogP contribution in [0.3, 0.4) is 0 Å². The SMILES string of the molecule is C[C@@H](Oc1cccc2ccccc12)C(=O)NN=Cc1cc([N+](=O)[O-])cs1. The predicted molar refractivity (Wildman–Crippen MR) is 101 cm³/mol. The normalized spacial score (nSPS) is 12.2. The van der Waals surface area contributed by atoms with Gasteiger partial charge in [0.2, 0.25) is 0 Å². The van der Waals surface area contributed by atoms with Crippen LogP contribution in [-0.4, -0.2) is 23.1 Å². The molecule has 7 nitrogen and oxygen atoms in total. The minimum Gasteiger partial charge on any atom is -0.480 e. The monoisotopic (exact) mass is 369 g/mol. The van der Waals surface area contributed by atoms with Crippen molar-refractivity contribution in [3.05, 3.63) is 68.9 Å². The molecule has 132 valence electrons. The maximum absolute atomic E-state index is 12.1. The van der Waals surface area contributed by atoms with Crippen molar-refractivity contribution in [3.63, 3.8) is 0 Å². The minimum absolute atomic E-state index is 0.00423. The summed E-state index contributed by atoms with van der Waals surface area (Å²) in [6.07, 6.45) is 0.607. The van der Waals surface area contributed by atoms with E-state index in [9.17, 15) is 14.9 Å². The number of hydrogen-bond acceptors (Lipinski definition) is 6. The van der Waals surface area contributed by atoms with Crippen LogP contribution in [0.25, 0.3) is 10.8 Å². The Hall–Kier alpha value is -3.26. The Kier molecular flexibility index (Phi) is 5.23. The summed E-state index contributed by atoms with van der Waals surface area (Å²) in [5.41, 5.74) is 2.38. The summed E-state index contributed by atoms with van der Waals surface area (Å²) in [7, 11) is 0. The van der Waals surface area contributed by atoms with Gasteiger partial charge in [0.1, 0.15) is 5.75 Å². The fraction of sp³-hybridized carbons (Fsp3) is 0.111. The summed E-state index contributed by atoms with van der Waals surface area (Å²) in [4.78, 5) is 22.9. The molecule has 1 atom stereocenters. The highest BCUT2D eigenvalue weighted by Crippen LogP contribution is 2.26. The molecule has 0 fully saturated rings. The van der Waals surface area contributed by atoms with Crippen LogP contribution >= 0.6 is 11.3 Å². The largest absolute Gasteiger partial charge is 0.480 e. The lowest BCUT2D eigenvalue weighted by molar-refractivity contribution is -0.384. The quantitative estimate of drug-likeness (QED) is 0.407. The van der Waals surface area contributed by atoms with Crippen LogP contribution in [0.4, 0.5) is 5.69 Å². The number of amides is 1. The van der Waals surface area contributed by atoms with Crippen molar-refractivity contribution >= 4 is 39.9 Å². The van der Waals surface area contributed by atoms with E-state index in [-0.39, 0.29) is 5.69 Å². The van der Waals surface area contributed by atoms with Gasteiger partial charge in [0.15, 0.2) is 6.10 Å². The fourth-order valence-electron chi connectivity index (χ4n) is 2.30. The number of carbonyl (C=O) groups excluding carboxylic acids is 1. The van der Waals surface area contributed by atoms with Gasteiger partial charge in [-0.15, -0.1) is 11.3 Å². The van der Waals surface area contributed by atoms with E-state index in [4.69, 9.17) is 4.74 Å². The molecule has 1 N–H and O–H groups in total. The van der Waals surface area contributed by atoms with Crippen LogP contribution in [0.15, 0.2) is 59.0 Å². The number of benzene rings is 2. The molecule has 8 heteroatoms. The topological polar surface area (TPSA) is 93.8 Å². The van der Waals surface area contributed by atoms with Gasteiger partial charge in [-0.1, -0.05) is 36.4 Å². The van der Waals surface area contributed by atoms with Gasteiger partial charge < -0.3 is 4.74 Å². The minimum atomic E-state index is -0.754. The van der Waals surface area contributed by atoms with Gasteiger partial charge in [-0.25, -0.2) is 5.43 Å². The van der Waals surface area contributed by atoms with Gasteiger partial charge in [-0.05, 0) is 18.4 Å². The molecule has 0 spiro atoms. The molecule has 1 aromatic heterocycles. The van der Waals surface area contributed by atoms with Gasteiger partial charge in [0.25, 0.3) is 11.6 Å². The molecule has 0 saturated heterocycles. The van der Waals surface area contributed by atoms with Crippen molar-refractivity contribution in [1.82, 2.24) is 5.43 Å². The third-order valence-corrected chi connectivity index (χ3v) is 4.46. The number of thiophene rings is 1. The number of hydrogen-bond donors (Lipinski definition) is 1. The molecule has 26 heavy (non-hydrogen) atoms. The molecule has 0 bridgehead atoms. The molecule has 2 aromatic carbocycles. The average molecular weight is 369 g/mol. The van der Waals surface area contributed by atoms with Crippen LogP contribution in [0, 0.1) is 10.1 Å². The van der Waals surface area contributed by atoms with E-state index in [0.717, 1.165) is 10.8 Å². The first kappa shape index (κ1) is 17.6. The lowest BCUT2D eigenvalue weighted by Crippen LogP contribution is -2.33. The molecule has 1 heterocycles. The Morgan fingerprint density at radius 2 is 2.08 bits per heavy atom. The van der Waals surface area contributed by atoms with Crippen molar-refractivity contribution in [2.24, 2.45) is 5.10 Å². The second kappa shape index (κ2) is 7.75. The molecular weight excluding hydrogens is 354 g/mol. The summed E-state index contributed by atoms with van der Waals surface area (Å²) >= 11 is 1.17. The van der Waals surface area contributed by atoms with Gasteiger partial charge in [-0.3, -0.25) is 14.9 Å². The Morgan fingerprint density at radius 1 is 1.31 bits per heavy atom. The number of fused-ring (bicyclic) bond motifs is 1. The molecule has 0 saturated carbocycles. The molecule has 0 radical (unpaired) electrons. The fourth-order valence-corrected chi connectivity index (χ4v) is 3.01. The molecule has 3 aromatic rings. The van der Waals surface area contributed by atoms with Crippen molar-refractivity contribution in [2.45, 2.75) is 13.0 Å². The Bertz CT molecular complexity index is 978. The van der Waals surface area contributed by atoms with Crippen LogP contribution < -0.4 is 10.2 Å². The third-order valence-electron chi connectivity index (χ3n) is 3.61. The lowest BCUT2D eigenvalue weighted by Gasteiger charge is -2.14. The Morgan fingerprint density at radius 3 is 2.85 bits per heavy atom. The molecule has 3 rings (SSSR count). The number of rotatable bonds is 6. The zero-order chi connectivity index (χ0) is 18.5. The highest BCUT2D eigenvalue weighted by atomic mass is 32.1. The number of nitro groups is 1. The Balaban J connectivity index is 1.62. The van der Waals surface area contributed by atoms with E-state index < -0.39 is 16.9 Å². The molecule has 0 aliphatic carbocycles. The Labute approximate surface area is 153 Å². The van der Waals surface area contributed by atoms with E-state index in [1.54, 1.807) is 13.0 Å². The zero-order valence-electron chi connectivity index (χ0n) is 13.8. The van der Waals surface area contributed by atoms with Gasteiger partial charge in [0, 0.05) is 11.5 Å². The van der Waals surface area contributed by atoms with E-state index in [1.165, 1.54) is 29.0 Å².